The van der Waals surface area contributed by atoms with Crippen molar-refractivity contribution in [3.05, 3.63) is 28.2 Å². The van der Waals surface area contributed by atoms with Crippen molar-refractivity contribution < 1.29 is 9.47 Å². The molecule has 0 aliphatic rings. The zero-order valence-corrected chi connectivity index (χ0v) is 12.5. The van der Waals surface area contributed by atoms with Gasteiger partial charge in [0.25, 0.3) is 0 Å². The van der Waals surface area contributed by atoms with E-state index in [-0.39, 0.29) is 6.29 Å². The van der Waals surface area contributed by atoms with Crippen LogP contribution in [0, 0.1) is 0 Å². The molecule has 0 fully saturated rings. The highest BCUT2D eigenvalue weighted by molar-refractivity contribution is 9.10. The lowest BCUT2D eigenvalue weighted by atomic mass is 10.2. The predicted molar refractivity (Wildman–Crippen MR) is 77.6 cm³/mol. The van der Waals surface area contributed by atoms with Gasteiger partial charge in [0, 0.05) is 29.9 Å². The quantitative estimate of drug-likeness (QED) is 0.724. The van der Waals surface area contributed by atoms with Crippen LogP contribution in [0.2, 0.25) is 0 Å². The van der Waals surface area contributed by atoms with E-state index < -0.39 is 0 Å². The Morgan fingerprint density at radius 3 is 2.44 bits per heavy atom. The van der Waals surface area contributed by atoms with E-state index in [1.54, 1.807) is 0 Å². The van der Waals surface area contributed by atoms with Crippen molar-refractivity contribution in [1.82, 2.24) is 0 Å². The van der Waals surface area contributed by atoms with Gasteiger partial charge in [-0.05, 0) is 31.5 Å². The molecular weight excluding hydrogens is 296 g/mol. The normalized spacial score (nSPS) is 10.9. The van der Waals surface area contributed by atoms with Crippen molar-refractivity contribution >= 4 is 21.6 Å². The number of nitrogens with two attached hydrogens (primary N) is 1. The molecule has 0 aliphatic heterocycles. The Bertz CT molecular complexity index is 355. The molecular formula is C13H21BrN2O2. The van der Waals surface area contributed by atoms with Gasteiger partial charge < -0.3 is 20.5 Å². The van der Waals surface area contributed by atoms with Crippen LogP contribution in [0.15, 0.2) is 22.7 Å². The fourth-order valence-corrected chi connectivity index (χ4v) is 2.10. The van der Waals surface area contributed by atoms with Crippen LogP contribution in [0.4, 0.5) is 5.69 Å². The third-order valence-electron chi connectivity index (χ3n) is 2.45. The van der Waals surface area contributed by atoms with Gasteiger partial charge in [0.05, 0.1) is 6.54 Å². The molecule has 0 aromatic heterocycles. The first-order valence-corrected chi connectivity index (χ1v) is 6.96. The lowest BCUT2D eigenvalue weighted by molar-refractivity contribution is -0.126. The van der Waals surface area contributed by atoms with Gasteiger partial charge in [-0.15, -0.1) is 0 Å². The fourth-order valence-electron chi connectivity index (χ4n) is 1.56. The van der Waals surface area contributed by atoms with E-state index in [0.717, 1.165) is 15.7 Å². The minimum atomic E-state index is -0.215. The van der Waals surface area contributed by atoms with Crippen LogP contribution in [0.5, 0.6) is 0 Å². The van der Waals surface area contributed by atoms with Gasteiger partial charge in [-0.25, -0.2) is 0 Å². The number of nitrogens with one attached hydrogen (secondary N) is 1. The van der Waals surface area contributed by atoms with Crippen molar-refractivity contribution in [2.24, 2.45) is 5.73 Å². The fraction of sp³-hybridized carbons (Fsp3) is 0.538. The summed E-state index contributed by atoms with van der Waals surface area (Å²) in [5.41, 5.74) is 7.72. The van der Waals surface area contributed by atoms with Gasteiger partial charge in [0.2, 0.25) is 0 Å². The molecule has 102 valence electrons. The van der Waals surface area contributed by atoms with Gasteiger partial charge in [0.1, 0.15) is 0 Å². The molecule has 0 atom stereocenters. The first-order chi connectivity index (χ1) is 8.71. The van der Waals surface area contributed by atoms with Gasteiger partial charge in [-0.1, -0.05) is 22.0 Å². The predicted octanol–water partition coefficient (Wildman–Crippen LogP) is 2.72. The molecule has 0 saturated carbocycles. The van der Waals surface area contributed by atoms with Gasteiger partial charge >= 0.3 is 0 Å². The molecule has 1 aromatic carbocycles. The molecule has 0 unspecified atom stereocenters. The van der Waals surface area contributed by atoms with E-state index >= 15 is 0 Å². The van der Waals surface area contributed by atoms with Crippen molar-refractivity contribution in [2.75, 3.05) is 25.1 Å². The lowest BCUT2D eigenvalue weighted by Crippen LogP contribution is -2.26. The van der Waals surface area contributed by atoms with Crippen LogP contribution in [-0.2, 0) is 16.0 Å². The molecule has 1 rings (SSSR count). The highest BCUT2D eigenvalue weighted by Crippen LogP contribution is 2.21. The lowest BCUT2D eigenvalue weighted by Gasteiger charge is -2.18. The second-order valence-electron chi connectivity index (χ2n) is 3.73. The summed E-state index contributed by atoms with van der Waals surface area (Å²) in [6.45, 7) is 6.35. The third-order valence-corrected chi connectivity index (χ3v) is 3.19. The Labute approximate surface area is 117 Å². The molecule has 1 aromatic rings. The van der Waals surface area contributed by atoms with E-state index in [4.69, 9.17) is 15.2 Å². The number of ether oxygens (including phenoxy) is 2. The van der Waals surface area contributed by atoms with Crippen molar-refractivity contribution in [3.63, 3.8) is 0 Å². The third kappa shape index (κ3) is 4.94. The second kappa shape index (κ2) is 8.48. The Morgan fingerprint density at radius 1 is 1.28 bits per heavy atom. The molecule has 3 N–H and O–H groups in total. The molecule has 0 saturated heterocycles. The van der Waals surface area contributed by atoms with Gasteiger partial charge in [-0.2, -0.15) is 0 Å². The van der Waals surface area contributed by atoms with Crippen LogP contribution in [0.25, 0.3) is 0 Å². The van der Waals surface area contributed by atoms with Crippen molar-refractivity contribution in [3.8, 4) is 0 Å². The van der Waals surface area contributed by atoms with Crippen LogP contribution >= 0.6 is 15.9 Å². The summed E-state index contributed by atoms with van der Waals surface area (Å²) in [4.78, 5) is 0. The average Bonchev–Trinajstić information content (AvgIpc) is 2.36. The van der Waals surface area contributed by atoms with E-state index in [9.17, 15) is 0 Å². The largest absolute Gasteiger partial charge is 0.380 e. The topological polar surface area (TPSA) is 56.5 Å². The average molecular weight is 317 g/mol. The maximum Gasteiger partial charge on any atom is 0.174 e. The van der Waals surface area contributed by atoms with E-state index in [0.29, 0.717) is 26.3 Å². The van der Waals surface area contributed by atoms with Crippen molar-refractivity contribution in [2.45, 2.75) is 26.7 Å². The summed E-state index contributed by atoms with van der Waals surface area (Å²) in [6.07, 6.45) is -0.215. The van der Waals surface area contributed by atoms with Crippen LogP contribution in [-0.4, -0.2) is 26.0 Å². The van der Waals surface area contributed by atoms with Crippen molar-refractivity contribution in [1.29, 1.82) is 0 Å². The Morgan fingerprint density at radius 2 is 1.94 bits per heavy atom. The second-order valence-corrected chi connectivity index (χ2v) is 4.59. The number of halogens is 1. The molecule has 4 nitrogen and oxygen atoms in total. The molecule has 0 bridgehead atoms. The van der Waals surface area contributed by atoms with E-state index in [1.165, 1.54) is 0 Å². The highest BCUT2D eigenvalue weighted by atomic mass is 79.9. The molecule has 0 spiro atoms. The first kappa shape index (κ1) is 15.4. The maximum absolute atomic E-state index is 5.61. The Kier molecular flexibility index (Phi) is 7.27. The summed E-state index contributed by atoms with van der Waals surface area (Å²) in [5.74, 6) is 0. The SMILES string of the molecule is CCOC(CNc1ccc(CN)c(Br)c1)OCC. The number of anilines is 1. The molecule has 0 radical (unpaired) electrons. The van der Waals surface area contributed by atoms with Crippen LogP contribution in [0.1, 0.15) is 19.4 Å². The van der Waals surface area contributed by atoms with E-state index in [1.807, 2.05) is 32.0 Å². The summed E-state index contributed by atoms with van der Waals surface area (Å²) in [6, 6.07) is 6.02. The number of hydrogen-bond acceptors (Lipinski definition) is 4. The summed E-state index contributed by atoms with van der Waals surface area (Å²) in [7, 11) is 0. The number of rotatable bonds is 8. The molecule has 5 heteroatoms. The number of benzene rings is 1. The minimum Gasteiger partial charge on any atom is -0.380 e. The monoisotopic (exact) mass is 316 g/mol. The van der Waals surface area contributed by atoms with E-state index in [2.05, 4.69) is 21.2 Å². The first-order valence-electron chi connectivity index (χ1n) is 6.16. The van der Waals surface area contributed by atoms with Crippen LogP contribution < -0.4 is 11.1 Å². The smallest absolute Gasteiger partial charge is 0.174 e. The zero-order valence-electron chi connectivity index (χ0n) is 10.9. The van der Waals surface area contributed by atoms with Crippen LogP contribution in [0.3, 0.4) is 0 Å². The van der Waals surface area contributed by atoms with Gasteiger partial charge in [0.15, 0.2) is 6.29 Å². The molecule has 0 amide bonds. The molecule has 0 aliphatic carbocycles. The summed E-state index contributed by atoms with van der Waals surface area (Å²) < 4.78 is 11.9. The Hall–Kier alpha value is -0.620. The number of hydrogen-bond donors (Lipinski definition) is 2. The Balaban J connectivity index is 2.53. The van der Waals surface area contributed by atoms with Gasteiger partial charge in [-0.3, -0.25) is 0 Å². The molecule has 18 heavy (non-hydrogen) atoms. The maximum atomic E-state index is 5.61. The molecule has 0 heterocycles. The standard InChI is InChI=1S/C13H21BrN2O2/c1-3-17-13(18-4-2)9-16-11-6-5-10(8-15)12(14)7-11/h5-7,13,16H,3-4,8-9,15H2,1-2H3. The highest BCUT2D eigenvalue weighted by Gasteiger charge is 2.07. The zero-order chi connectivity index (χ0) is 13.4. The minimum absolute atomic E-state index is 0.215. The summed E-state index contributed by atoms with van der Waals surface area (Å²) in [5, 5.41) is 3.29. The summed E-state index contributed by atoms with van der Waals surface area (Å²) >= 11 is 3.49.